The number of benzene rings is 2. The Kier molecular flexibility index (Phi) is 5.00. The molecule has 0 N–H and O–H groups in total. The molecule has 0 aliphatic rings. The van der Waals surface area contributed by atoms with Crippen LogP contribution in [0.3, 0.4) is 0 Å². The molecule has 3 rings (SSSR count). The van der Waals surface area contributed by atoms with Crippen LogP contribution in [-0.4, -0.2) is 9.55 Å². The van der Waals surface area contributed by atoms with Crippen molar-refractivity contribution in [1.82, 2.24) is 9.55 Å². The SMILES string of the molecule is CCC(C)c1ccccc1-n1c(=O)nc(Cl)c2cc(Cl)c(Br)cc21. The predicted octanol–water partition coefficient (Wildman–Crippen LogP) is 5.97. The number of hydrogen-bond donors (Lipinski definition) is 0. The van der Waals surface area contributed by atoms with Gasteiger partial charge in [0.15, 0.2) is 0 Å². The third kappa shape index (κ3) is 2.99. The minimum atomic E-state index is -0.405. The fourth-order valence-electron chi connectivity index (χ4n) is 2.74. The van der Waals surface area contributed by atoms with Gasteiger partial charge in [-0.05, 0) is 52.0 Å². The van der Waals surface area contributed by atoms with Gasteiger partial charge in [0.1, 0.15) is 5.15 Å². The van der Waals surface area contributed by atoms with Gasteiger partial charge in [-0.1, -0.05) is 55.2 Å². The van der Waals surface area contributed by atoms with Crippen molar-refractivity contribution >= 4 is 50.0 Å². The second-order valence-electron chi connectivity index (χ2n) is 5.67. The fraction of sp³-hybridized carbons (Fsp3) is 0.222. The van der Waals surface area contributed by atoms with Crippen molar-refractivity contribution in [2.75, 3.05) is 0 Å². The largest absolute Gasteiger partial charge is 0.354 e. The van der Waals surface area contributed by atoms with Gasteiger partial charge in [-0.3, -0.25) is 4.57 Å². The molecule has 0 amide bonds. The molecule has 1 unspecified atom stereocenters. The molecular formula is C18H15BrCl2N2O. The first kappa shape index (κ1) is 17.5. The van der Waals surface area contributed by atoms with E-state index in [0.717, 1.165) is 17.7 Å². The molecule has 24 heavy (non-hydrogen) atoms. The summed E-state index contributed by atoms with van der Waals surface area (Å²) in [5.41, 5.74) is 2.18. The van der Waals surface area contributed by atoms with E-state index < -0.39 is 5.69 Å². The average Bonchev–Trinajstić information content (AvgIpc) is 2.56. The van der Waals surface area contributed by atoms with Crippen LogP contribution < -0.4 is 5.69 Å². The topological polar surface area (TPSA) is 34.9 Å². The first-order valence-corrected chi connectivity index (χ1v) is 9.15. The normalized spacial score (nSPS) is 12.5. The number of rotatable bonds is 3. The van der Waals surface area contributed by atoms with E-state index in [9.17, 15) is 4.79 Å². The number of fused-ring (bicyclic) bond motifs is 1. The van der Waals surface area contributed by atoms with Crippen molar-refractivity contribution in [2.45, 2.75) is 26.2 Å². The van der Waals surface area contributed by atoms with Crippen LogP contribution in [0.2, 0.25) is 10.2 Å². The molecule has 3 aromatic rings. The van der Waals surface area contributed by atoms with Crippen LogP contribution in [0.25, 0.3) is 16.6 Å². The second-order valence-corrected chi connectivity index (χ2v) is 7.29. The summed E-state index contributed by atoms with van der Waals surface area (Å²) in [7, 11) is 0. The highest BCUT2D eigenvalue weighted by Gasteiger charge is 2.17. The van der Waals surface area contributed by atoms with Crippen LogP contribution in [0.4, 0.5) is 0 Å². The quantitative estimate of drug-likeness (QED) is 0.484. The lowest BCUT2D eigenvalue weighted by Gasteiger charge is -2.18. The van der Waals surface area contributed by atoms with Gasteiger partial charge in [-0.15, -0.1) is 0 Å². The summed E-state index contributed by atoms with van der Waals surface area (Å²) in [6.45, 7) is 4.26. The van der Waals surface area contributed by atoms with Gasteiger partial charge in [0.25, 0.3) is 0 Å². The second kappa shape index (κ2) is 6.87. The molecule has 3 nitrogen and oxygen atoms in total. The monoisotopic (exact) mass is 424 g/mol. The molecule has 0 saturated carbocycles. The summed E-state index contributed by atoms with van der Waals surface area (Å²) >= 11 is 15.8. The Morgan fingerprint density at radius 1 is 1.25 bits per heavy atom. The van der Waals surface area contributed by atoms with Crippen molar-refractivity contribution in [1.29, 1.82) is 0 Å². The Morgan fingerprint density at radius 2 is 1.96 bits per heavy atom. The molecule has 1 aromatic heterocycles. The van der Waals surface area contributed by atoms with Gasteiger partial charge >= 0.3 is 5.69 Å². The molecule has 2 aromatic carbocycles. The Bertz CT molecular complexity index is 985. The smallest absolute Gasteiger partial charge is 0.260 e. The van der Waals surface area contributed by atoms with E-state index in [1.165, 1.54) is 0 Å². The maximum atomic E-state index is 12.6. The molecule has 0 fully saturated rings. The number of nitrogens with zero attached hydrogens (tertiary/aromatic N) is 2. The summed E-state index contributed by atoms with van der Waals surface area (Å²) < 4.78 is 2.30. The van der Waals surface area contributed by atoms with Crippen molar-refractivity contribution in [2.24, 2.45) is 0 Å². The van der Waals surface area contributed by atoms with Crippen LogP contribution in [0.5, 0.6) is 0 Å². The van der Waals surface area contributed by atoms with E-state index in [1.807, 2.05) is 24.3 Å². The lowest BCUT2D eigenvalue weighted by atomic mass is 9.96. The number of para-hydroxylation sites is 1. The summed E-state index contributed by atoms with van der Waals surface area (Å²) in [5, 5.41) is 1.32. The Labute approximate surface area is 158 Å². The van der Waals surface area contributed by atoms with Crippen LogP contribution in [-0.2, 0) is 0 Å². The molecule has 0 saturated heterocycles. The first-order chi connectivity index (χ1) is 11.4. The number of halogens is 3. The van der Waals surface area contributed by atoms with E-state index in [-0.39, 0.29) is 5.15 Å². The maximum absolute atomic E-state index is 12.6. The first-order valence-electron chi connectivity index (χ1n) is 7.60. The van der Waals surface area contributed by atoms with Crippen molar-refractivity contribution in [3.63, 3.8) is 0 Å². The Hall–Kier alpha value is -1.36. The predicted molar refractivity (Wildman–Crippen MR) is 104 cm³/mol. The van der Waals surface area contributed by atoms with E-state index >= 15 is 0 Å². The molecular weight excluding hydrogens is 411 g/mol. The summed E-state index contributed by atoms with van der Waals surface area (Å²) in [4.78, 5) is 16.6. The van der Waals surface area contributed by atoms with Crippen LogP contribution in [0, 0.1) is 0 Å². The third-order valence-corrected chi connectivity index (χ3v) is 5.69. The average molecular weight is 426 g/mol. The van der Waals surface area contributed by atoms with E-state index in [2.05, 4.69) is 34.8 Å². The van der Waals surface area contributed by atoms with Crippen LogP contribution in [0.1, 0.15) is 31.7 Å². The van der Waals surface area contributed by atoms with Gasteiger partial charge in [0, 0.05) is 9.86 Å². The molecule has 0 radical (unpaired) electrons. The van der Waals surface area contributed by atoms with Gasteiger partial charge in [0.05, 0.1) is 16.2 Å². The van der Waals surface area contributed by atoms with E-state index in [4.69, 9.17) is 23.2 Å². The molecule has 0 spiro atoms. The van der Waals surface area contributed by atoms with Gasteiger partial charge < -0.3 is 0 Å². The van der Waals surface area contributed by atoms with Crippen molar-refractivity contribution in [3.8, 4) is 5.69 Å². The molecule has 1 heterocycles. The van der Waals surface area contributed by atoms with Gasteiger partial charge in [-0.2, -0.15) is 4.98 Å². The lowest BCUT2D eigenvalue weighted by Crippen LogP contribution is -2.23. The molecule has 0 aliphatic heterocycles. The minimum absolute atomic E-state index is 0.154. The fourth-order valence-corrected chi connectivity index (χ4v) is 3.46. The number of hydrogen-bond acceptors (Lipinski definition) is 2. The van der Waals surface area contributed by atoms with Crippen molar-refractivity contribution in [3.05, 3.63) is 67.1 Å². The minimum Gasteiger partial charge on any atom is -0.260 e. The zero-order valence-corrected chi connectivity index (χ0v) is 16.3. The molecule has 1 atom stereocenters. The number of aromatic nitrogens is 2. The van der Waals surface area contributed by atoms with Gasteiger partial charge in [0.2, 0.25) is 0 Å². The van der Waals surface area contributed by atoms with Crippen LogP contribution in [0.15, 0.2) is 45.7 Å². The zero-order valence-electron chi connectivity index (χ0n) is 13.2. The highest BCUT2D eigenvalue weighted by Crippen LogP contribution is 2.33. The Morgan fingerprint density at radius 3 is 2.67 bits per heavy atom. The Balaban J connectivity index is 2.44. The highest BCUT2D eigenvalue weighted by molar-refractivity contribution is 9.10. The zero-order chi connectivity index (χ0) is 17.4. The summed E-state index contributed by atoms with van der Waals surface area (Å²) in [6, 6.07) is 11.4. The lowest BCUT2D eigenvalue weighted by molar-refractivity contribution is 0.724. The maximum Gasteiger partial charge on any atom is 0.354 e. The van der Waals surface area contributed by atoms with E-state index in [0.29, 0.717) is 26.3 Å². The summed E-state index contributed by atoms with van der Waals surface area (Å²) in [6.07, 6.45) is 0.972. The standard InChI is InChI=1S/C18H15BrCl2N2O/c1-3-10(2)11-6-4-5-7-15(11)23-16-9-13(19)14(20)8-12(16)17(21)22-18(23)24/h4-10H,3H2,1-2H3. The summed E-state index contributed by atoms with van der Waals surface area (Å²) in [5.74, 6) is 0.314. The third-order valence-electron chi connectivity index (χ3n) is 4.21. The molecule has 6 heteroatoms. The van der Waals surface area contributed by atoms with Crippen molar-refractivity contribution < 1.29 is 0 Å². The highest BCUT2D eigenvalue weighted by atomic mass is 79.9. The van der Waals surface area contributed by atoms with Crippen LogP contribution >= 0.6 is 39.1 Å². The molecule has 124 valence electrons. The molecule has 0 bridgehead atoms. The van der Waals surface area contributed by atoms with E-state index in [1.54, 1.807) is 16.7 Å². The van der Waals surface area contributed by atoms with Gasteiger partial charge in [-0.25, -0.2) is 4.79 Å². The molecule has 0 aliphatic carbocycles.